The third-order valence-corrected chi connectivity index (χ3v) is 13.7. The van der Waals surface area contributed by atoms with Gasteiger partial charge in [-0.25, -0.2) is 0 Å². The molecule has 1 aliphatic heterocycles. The normalized spacial score (nSPS) is 15.0. The second kappa shape index (κ2) is 22.0. The van der Waals surface area contributed by atoms with E-state index in [9.17, 15) is 14.4 Å². The number of benzene rings is 5. The maximum absolute atomic E-state index is 13.5. The van der Waals surface area contributed by atoms with Gasteiger partial charge in [0.1, 0.15) is 24.1 Å². The van der Waals surface area contributed by atoms with E-state index in [4.69, 9.17) is 19.3 Å². The number of hydrogen-bond donors (Lipinski definition) is 4. The molecule has 4 radical (unpaired) electrons. The molecule has 2 heterocycles. The van der Waals surface area contributed by atoms with E-state index in [0.29, 0.717) is 56.2 Å². The molecule has 0 bridgehead atoms. The molecule has 65 heavy (non-hydrogen) atoms. The van der Waals surface area contributed by atoms with Crippen LogP contribution < -0.4 is 26.7 Å². The SMILES string of the molecule is C[Si]OC(O[Si]C)C(C)(C)[C@H](CNCc1ccc(C(=O)NCCN2CC[C@@H](C(C(N)=O)(c3ccccc3)c3ccccc3)C2)cc1)c1ccc(OCc2ccccc2)c2[nH]c(=O)ccc12. The van der Waals surface area contributed by atoms with Crippen molar-refractivity contribution in [3.05, 3.63) is 183 Å². The van der Waals surface area contributed by atoms with E-state index >= 15 is 0 Å². The number of aromatic nitrogens is 1. The van der Waals surface area contributed by atoms with Crippen LogP contribution in [0, 0.1) is 11.3 Å². The third-order valence-electron chi connectivity index (χ3n) is 12.8. The van der Waals surface area contributed by atoms with Crippen LogP contribution in [0.4, 0.5) is 0 Å². The minimum atomic E-state index is -0.955. The van der Waals surface area contributed by atoms with Gasteiger partial charge in [-0.2, -0.15) is 0 Å². The smallest absolute Gasteiger partial charge is 0.251 e. The topological polar surface area (TPSA) is 148 Å². The number of primary amides is 1. The first-order valence-electron chi connectivity index (χ1n) is 22.2. The van der Waals surface area contributed by atoms with Gasteiger partial charge in [0, 0.05) is 61.1 Å². The zero-order valence-corrected chi connectivity index (χ0v) is 39.6. The van der Waals surface area contributed by atoms with Crippen LogP contribution >= 0.6 is 0 Å². The molecule has 13 heteroatoms. The standard InChI is InChI=1S/C52H59N5O6Si2/c1-51(2,50(62-64-3)63-65-4)44(42-24-26-45(47-43(42)25-27-46(58)56-47)61-35-37-14-8-5-9-15-37)33-54-32-36-20-22-38(23-21-36)48(59)55-29-31-57-30-28-41(34-57)52(49(53)60,39-16-10-6-11-17-39)40-18-12-7-13-19-40/h5-27,41,44,50,54H,28-35H2,1-4H3,(H2,53,60)(H,55,59)(H,56,58)/t41-,44-/m1/s1. The summed E-state index contributed by atoms with van der Waals surface area (Å²) in [6.45, 7) is 12.5. The van der Waals surface area contributed by atoms with Crippen LogP contribution in [0.5, 0.6) is 5.75 Å². The molecule has 0 aliphatic carbocycles. The molecule has 7 rings (SSSR count). The fourth-order valence-electron chi connectivity index (χ4n) is 9.37. The van der Waals surface area contributed by atoms with Crippen molar-refractivity contribution < 1.29 is 23.2 Å². The van der Waals surface area contributed by atoms with Gasteiger partial charge in [-0.1, -0.05) is 123 Å². The highest BCUT2D eigenvalue weighted by molar-refractivity contribution is 6.26. The number of nitrogens with zero attached hydrogens (tertiary/aromatic N) is 1. The van der Waals surface area contributed by atoms with Crippen molar-refractivity contribution in [2.75, 3.05) is 32.7 Å². The molecule has 336 valence electrons. The molecule has 1 aromatic heterocycles. The minimum Gasteiger partial charge on any atom is -0.487 e. The number of fused-ring (bicyclic) bond motifs is 1. The first-order chi connectivity index (χ1) is 31.6. The monoisotopic (exact) mass is 905 g/mol. The molecule has 2 amide bonds. The van der Waals surface area contributed by atoms with E-state index in [2.05, 4.69) is 40.4 Å². The Kier molecular flexibility index (Phi) is 16.0. The average molecular weight is 906 g/mol. The van der Waals surface area contributed by atoms with Crippen LogP contribution in [0.3, 0.4) is 0 Å². The van der Waals surface area contributed by atoms with Crippen molar-refractivity contribution in [2.45, 2.75) is 64.1 Å². The van der Waals surface area contributed by atoms with Crippen LogP contribution in [0.25, 0.3) is 10.9 Å². The van der Waals surface area contributed by atoms with Gasteiger partial charge in [-0.15, -0.1) is 0 Å². The van der Waals surface area contributed by atoms with E-state index in [0.717, 1.165) is 46.2 Å². The summed E-state index contributed by atoms with van der Waals surface area (Å²) in [5.74, 6) is -0.0158. The molecular formula is C52H59N5O6Si2. The second-order valence-corrected chi connectivity index (χ2v) is 18.5. The first-order valence-corrected chi connectivity index (χ1v) is 25.1. The van der Waals surface area contributed by atoms with Crippen LogP contribution in [-0.4, -0.2) is 80.2 Å². The van der Waals surface area contributed by atoms with Crippen molar-refractivity contribution in [1.29, 1.82) is 0 Å². The summed E-state index contributed by atoms with van der Waals surface area (Å²) < 4.78 is 18.8. The quantitative estimate of drug-likeness (QED) is 0.0413. The lowest BCUT2D eigenvalue weighted by atomic mass is 9.64. The Morgan fingerprint density at radius 1 is 0.815 bits per heavy atom. The summed E-state index contributed by atoms with van der Waals surface area (Å²) in [6.07, 6.45) is 0.340. The maximum atomic E-state index is 13.5. The van der Waals surface area contributed by atoms with Gasteiger partial charge in [0.2, 0.25) is 31.0 Å². The van der Waals surface area contributed by atoms with Gasteiger partial charge < -0.3 is 39.8 Å². The molecule has 6 aromatic rings. The average Bonchev–Trinajstić information content (AvgIpc) is 3.79. The van der Waals surface area contributed by atoms with Crippen molar-refractivity contribution >= 4 is 42.2 Å². The van der Waals surface area contributed by atoms with Crippen LogP contribution in [0.15, 0.2) is 144 Å². The molecule has 0 unspecified atom stereocenters. The minimum absolute atomic E-state index is 0.0189. The molecule has 2 atom stereocenters. The summed E-state index contributed by atoms with van der Waals surface area (Å²) in [7, 11) is 0.478. The number of carbonyl (C=O) groups is 2. The number of carbonyl (C=O) groups excluding carboxylic acids is 2. The Labute approximate surface area is 387 Å². The zero-order chi connectivity index (χ0) is 45.8. The Morgan fingerprint density at radius 3 is 2.06 bits per heavy atom. The van der Waals surface area contributed by atoms with E-state index in [-0.39, 0.29) is 48.7 Å². The Balaban J connectivity index is 0.996. The highest BCUT2D eigenvalue weighted by atomic mass is 28.2. The molecule has 5 N–H and O–H groups in total. The Hall–Kier alpha value is -5.68. The molecule has 0 saturated carbocycles. The number of pyridine rings is 1. The third kappa shape index (κ3) is 10.9. The van der Waals surface area contributed by atoms with E-state index in [1.807, 2.05) is 140 Å². The highest BCUT2D eigenvalue weighted by Gasteiger charge is 2.49. The van der Waals surface area contributed by atoms with Gasteiger partial charge >= 0.3 is 0 Å². The number of H-pyrrole nitrogens is 1. The number of ether oxygens (including phenoxy) is 1. The predicted octanol–water partition coefficient (Wildman–Crippen LogP) is 7.22. The van der Waals surface area contributed by atoms with Gasteiger partial charge in [-0.05, 0) is 84.1 Å². The lowest BCUT2D eigenvalue weighted by Crippen LogP contribution is -2.49. The van der Waals surface area contributed by atoms with Crippen molar-refractivity contribution in [2.24, 2.45) is 17.1 Å². The summed E-state index contributed by atoms with van der Waals surface area (Å²) in [6, 6.07) is 44.8. The molecule has 1 fully saturated rings. The second-order valence-electron chi connectivity index (χ2n) is 17.2. The number of nitrogens with one attached hydrogen (secondary N) is 3. The first kappa shape index (κ1) is 47.3. The van der Waals surface area contributed by atoms with Gasteiger partial charge in [0.15, 0.2) is 0 Å². The van der Waals surface area contributed by atoms with Crippen LogP contribution in [0.1, 0.15) is 64.4 Å². The molecule has 5 aromatic carbocycles. The van der Waals surface area contributed by atoms with Gasteiger partial charge in [-0.3, -0.25) is 14.4 Å². The summed E-state index contributed by atoms with van der Waals surface area (Å²) in [5, 5.41) is 7.69. The number of rotatable bonds is 22. The summed E-state index contributed by atoms with van der Waals surface area (Å²) in [4.78, 5) is 44.9. The van der Waals surface area contributed by atoms with E-state index in [1.165, 1.54) is 0 Å². The van der Waals surface area contributed by atoms with Crippen molar-refractivity contribution in [1.82, 2.24) is 20.5 Å². The molecule has 0 spiro atoms. The zero-order valence-electron chi connectivity index (χ0n) is 37.6. The predicted molar refractivity (Wildman–Crippen MR) is 259 cm³/mol. The molecule has 11 nitrogen and oxygen atoms in total. The maximum Gasteiger partial charge on any atom is 0.251 e. The summed E-state index contributed by atoms with van der Waals surface area (Å²) in [5.41, 5.74) is 10.8. The van der Waals surface area contributed by atoms with Gasteiger partial charge in [0.05, 0.1) is 5.52 Å². The Bertz CT molecular complexity index is 2500. The molecule has 1 saturated heterocycles. The highest BCUT2D eigenvalue weighted by Crippen LogP contribution is 2.45. The van der Waals surface area contributed by atoms with Gasteiger partial charge in [0.25, 0.3) is 5.91 Å². The van der Waals surface area contributed by atoms with Crippen molar-refractivity contribution in [3.63, 3.8) is 0 Å². The number of amides is 2. The summed E-state index contributed by atoms with van der Waals surface area (Å²) >= 11 is 0. The molecule has 1 aliphatic rings. The van der Waals surface area contributed by atoms with Crippen LogP contribution in [-0.2, 0) is 32.2 Å². The van der Waals surface area contributed by atoms with E-state index in [1.54, 1.807) is 6.07 Å². The number of hydrogen-bond acceptors (Lipinski definition) is 8. The van der Waals surface area contributed by atoms with Crippen molar-refractivity contribution in [3.8, 4) is 5.75 Å². The van der Waals surface area contributed by atoms with E-state index < -0.39 is 17.1 Å². The Morgan fingerprint density at radius 2 is 1.45 bits per heavy atom. The number of nitrogens with two attached hydrogens (primary N) is 1. The fraction of sp³-hybridized carbons (Fsp3) is 0.327. The lowest BCUT2D eigenvalue weighted by molar-refractivity contribution is -0.123. The fourth-order valence-corrected chi connectivity index (χ4v) is 10.6. The van der Waals surface area contributed by atoms with Crippen LogP contribution in [0.2, 0.25) is 13.1 Å². The lowest BCUT2D eigenvalue weighted by Gasteiger charge is -2.41. The number of likely N-dealkylation sites (tertiary alicyclic amines) is 1. The molecular weight excluding hydrogens is 847 g/mol. The number of aromatic amines is 1. The largest absolute Gasteiger partial charge is 0.487 e.